The number of amides is 3. The molecule has 1 aliphatic carbocycles. The van der Waals surface area contributed by atoms with Crippen molar-refractivity contribution in [1.82, 2.24) is 4.90 Å². The van der Waals surface area contributed by atoms with Crippen LogP contribution in [0.1, 0.15) is 47.9 Å². The molecule has 2 N–H and O–H groups in total. The fourth-order valence-corrected chi connectivity index (χ4v) is 4.80. The van der Waals surface area contributed by atoms with Gasteiger partial charge in [0.2, 0.25) is 5.91 Å². The second-order valence-corrected chi connectivity index (χ2v) is 8.77. The zero-order valence-corrected chi connectivity index (χ0v) is 19.0. The standard InChI is InChI=1S/C26H31N3O3/c1-5-18-8-6-16(2)22-15-29(26(31)28-24(18)22)21-12-9-19(10-13-21)25(30)27-20-11-7-17(3)23(14-20)32-4/h5-8,11,14,19,21H,1,9-10,12-13,15H2,2-4H3,(H,27,30)(H,28,31). The Balaban J connectivity index is 1.39. The minimum Gasteiger partial charge on any atom is -0.496 e. The smallest absolute Gasteiger partial charge is 0.322 e. The van der Waals surface area contributed by atoms with Crippen LogP contribution in [0.3, 0.4) is 0 Å². The summed E-state index contributed by atoms with van der Waals surface area (Å²) < 4.78 is 5.35. The Hall–Kier alpha value is -3.28. The largest absolute Gasteiger partial charge is 0.496 e. The quantitative estimate of drug-likeness (QED) is 0.654. The van der Waals surface area contributed by atoms with Crippen LogP contribution >= 0.6 is 0 Å². The summed E-state index contributed by atoms with van der Waals surface area (Å²) in [5.41, 5.74) is 5.92. The van der Waals surface area contributed by atoms with Crippen molar-refractivity contribution in [3.63, 3.8) is 0 Å². The number of carbonyl (C=O) groups excluding carboxylic acids is 2. The summed E-state index contributed by atoms with van der Waals surface area (Å²) >= 11 is 0. The maximum absolute atomic E-state index is 12.9. The van der Waals surface area contributed by atoms with Crippen LogP contribution in [0.5, 0.6) is 5.75 Å². The third kappa shape index (κ3) is 4.22. The molecule has 1 fully saturated rings. The fourth-order valence-electron chi connectivity index (χ4n) is 4.80. The van der Waals surface area contributed by atoms with Crippen LogP contribution in [0, 0.1) is 19.8 Å². The molecule has 4 rings (SSSR count). The average molecular weight is 434 g/mol. The van der Waals surface area contributed by atoms with E-state index in [1.54, 1.807) is 13.2 Å². The first-order valence-corrected chi connectivity index (χ1v) is 11.2. The van der Waals surface area contributed by atoms with Crippen LogP contribution in [-0.4, -0.2) is 30.0 Å². The van der Waals surface area contributed by atoms with Crippen molar-refractivity contribution in [2.45, 2.75) is 52.1 Å². The molecule has 3 amide bonds. The van der Waals surface area contributed by atoms with Gasteiger partial charge in [-0.25, -0.2) is 4.79 Å². The van der Waals surface area contributed by atoms with Crippen LogP contribution in [0.25, 0.3) is 6.08 Å². The predicted octanol–water partition coefficient (Wildman–Crippen LogP) is 5.50. The molecule has 168 valence electrons. The minimum absolute atomic E-state index is 0.0364. The van der Waals surface area contributed by atoms with E-state index in [0.29, 0.717) is 6.54 Å². The lowest BCUT2D eigenvalue weighted by Gasteiger charge is -2.40. The number of carbonyl (C=O) groups is 2. The number of ether oxygens (including phenoxy) is 1. The van der Waals surface area contributed by atoms with E-state index in [-0.39, 0.29) is 23.9 Å². The number of benzene rings is 2. The summed E-state index contributed by atoms with van der Waals surface area (Å²) in [6, 6.07) is 9.84. The lowest BCUT2D eigenvalue weighted by molar-refractivity contribution is -0.121. The molecule has 1 heterocycles. The summed E-state index contributed by atoms with van der Waals surface area (Å²) in [5.74, 6) is 0.750. The maximum atomic E-state index is 12.9. The van der Waals surface area contributed by atoms with Gasteiger partial charge < -0.3 is 20.3 Å². The molecule has 2 aromatic carbocycles. The van der Waals surface area contributed by atoms with E-state index in [1.807, 2.05) is 36.1 Å². The Bertz CT molecular complexity index is 1050. The highest BCUT2D eigenvalue weighted by Crippen LogP contribution is 2.36. The second-order valence-electron chi connectivity index (χ2n) is 8.77. The second kappa shape index (κ2) is 9.07. The summed E-state index contributed by atoms with van der Waals surface area (Å²) in [4.78, 5) is 27.6. The average Bonchev–Trinajstić information content (AvgIpc) is 2.80. The monoisotopic (exact) mass is 433 g/mol. The number of urea groups is 1. The highest BCUT2D eigenvalue weighted by atomic mass is 16.5. The Morgan fingerprint density at radius 1 is 1.16 bits per heavy atom. The maximum Gasteiger partial charge on any atom is 0.322 e. The Morgan fingerprint density at radius 2 is 1.88 bits per heavy atom. The molecule has 2 aliphatic rings. The fraction of sp³-hybridized carbons (Fsp3) is 0.385. The van der Waals surface area contributed by atoms with Gasteiger partial charge in [0.15, 0.2) is 0 Å². The highest BCUT2D eigenvalue weighted by molar-refractivity contribution is 5.96. The van der Waals surface area contributed by atoms with Crippen LogP contribution in [0.4, 0.5) is 16.2 Å². The molecule has 0 bridgehead atoms. The SMILES string of the molecule is C=Cc1ccc(C)c2c1NC(=O)N(C1CCC(C(=O)Nc3ccc(C)c(OC)c3)CC1)C2. The zero-order chi connectivity index (χ0) is 22.8. The summed E-state index contributed by atoms with van der Waals surface area (Å²) in [6.07, 6.45) is 4.95. The van der Waals surface area contributed by atoms with Crippen LogP contribution < -0.4 is 15.4 Å². The number of nitrogens with one attached hydrogen (secondary N) is 2. The van der Waals surface area contributed by atoms with Gasteiger partial charge in [-0.15, -0.1) is 0 Å². The molecule has 0 aromatic heterocycles. The zero-order valence-electron chi connectivity index (χ0n) is 19.0. The third-order valence-electron chi connectivity index (χ3n) is 6.80. The van der Waals surface area contributed by atoms with Crippen molar-refractivity contribution >= 4 is 29.4 Å². The van der Waals surface area contributed by atoms with E-state index in [4.69, 9.17) is 4.74 Å². The normalized spacial score (nSPS) is 20.2. The lowest BCUT2D eigenvalue weighted by atomic mass is 9.84. The van der Waals surface area contributed by atoms with Gasteiger partial charge >= 0.3 is 6.03 Å². The van der Waals surface area contributed by atoms with E-state index >= 15 is 0 Å². The van der Waals surface area contributed by atoms with Gasteiger partial charge in [-0.2, -0.15) is 0 Å². The molecule has 0 spiro atoms. The Labute approximate surface area is 189 Å². The van der Waals surface area contributed by atoms with Crippen molar-refractivity contribution < 1.29 is 14.3 Å². The van der Waals surface area contributed by atoms with Gasteiger partial charge in [-0.1, -0.05) is 30.9 Å². The van der Waals surface area contributed by atoms with Crippen molar-refractivity contribution in [2.24, 2.45) is 5.92 Å². The third-order valence-corrected chi connectivity index (χ3v) is 6.80. The number of hydrogen-bond donors (Lipinski definition) is 2. The Kier molecular flexibility index (Phi) is 6.21. The molecule has 1 aliphatic heterocycles. The molecule has 0 saturated heterocycles. The number of aryl methyl sites for hydroxylation is 2. The molecule has 0 radical (unpaired) electrons. The van der Waals surface area contributed by atoms with E-state index in [9.17, 15) is 9.59 Å². The molecule has 6 nitrogen and oxygen atoms in total. The van der Waals surface area contributed by atoms with E-state index in [2.05, 4.69) is 30.2 Å². The van der Waals surface area contributed by atoms with Crippen molar-refractivity contribution in [3.8, 4) is 5.75 Å². The van der Waals surface area contributed by atoms with Crippen molar-refractivity contribution in [3.05, 3.63) is 59.2 Å². The Morgan fingerprint density at radius 3 is 2.56 bits per heavy atom. The van der Waals surface area contributed by atoms with Crippen LogP contribution in [0.2, 0.25) is 0 Å². The lowest BCUT2D eigenvalue weighted by Crippen LogP contribution is -2.47. The molecule has 6 heteroatoms. The highest BCUT2D eigenvalue weighted by Gasteiger charge is 2.35. The van der Waals surface area contributed by atoms with Gasteiger partial charge in [-0.3, -0.25) is 4.79 Å². The van der Waals surface area contributed by atoms with Gasteiger partial charge in [0, 0.05) is 23.7 Å². The molecule has 32 heavy (non-hydrogen) atoms. The number of nitrogens with zero attached hydrogens (tertiary/aromatic N) is 1. The molecule has 0 unspecified atom stereocenters. The first-order chi connectivity index (χ1) is 15.4. The summed E-state index contributed by atoms with van der Waals surface area (Å²) in [6.45, 7) is 8.50. The number of fused-ring (bicyclic) bond motifs is 1. The molecule has 0 atom stereocenters. The van der Waals surface area contributed by atoms with Crippen LogP contribution in [-0.2, 0) is 11.3 Å². The van der Waals surface area contributed by atoms with Crippen molar-refractivity contribution in [2.75, 3.05) is 17.7 Å². The number of rotatable bonds is 5. The predicted molar refractivity (Wildman–Crippen MR) is 128 cm³/mol. The van der Waals surface area contributed by atoms with Gasteiger partial charge in [0.25, 0.3) is 0 Å². The number of anilines is 2. The van der Waals surface area contributed by atoms with Crippen LogP contribution in [0.15, 0.2) is 36.9 Å². The topological polar surface area (TPSA) is 70.7 Å². The minimum atomic E-state index is -0.0640. The summed E-state index contributed by atoms with van der Waals surface area (Å²) in [7, 11) is 1.63. The first kappa shape index (κ1) is 21.9. The summed E-state index contributed by atoms with van der Waals surface area (Å²) in [5, 5.41) is 6.10. The van der Waals surface area contributed by atoms with E-state index in [0.717, 1.165) is 65.1 Å². The van der Waals surface area contributed by atoms with Crippen molar-refractivity contribution in [1.29, 1.82) is 0 Å². The first-order valence-electron chi connectivity index (χ1n) is 11.2. The van der Waals surface area contributed by atoms with Gasteiger partial charge in [0.1, 0.15) is 5.75 Å². The van der Waals surface area contributed by atoms with E-state index in [1.165, 1.54) is 0 Å². The molecule has 2 aromatic rings. The van der Waals surface area contributed by atoms with Gasteiger partial charge in [0.05, 0.1) is 19.3 Å². The van der Waals surface area contributed by atoms with Gasteiger partial charge in [-0.05, 0) is 67.9 Å². The van der Waals surface area contributed by atoms with E-state index < -0.39 is 0 Å². The molecular formula is C26H31N3O3. The number of methoxy groups -OCH3 is 1. The number of hydrogen-bond acceptors (Lipinski definition) is 3. The molecular weight excluding hydrogens is 402 g/mol. The molecule has 1 saturated carbocycles.